The highest BCUT2D eigenvalue weighted by atomic mass is 35.5. The van der Waals surface area contributed by atoms with E-state index in [0.29, 0.717) is 6.04 Å². The molecular formula is C16H25ClN2O. The fourth-order valence-electron chi connectivity index (χ4n) is 2.76. The zero-order valence-corrected chi connectivity index (χ0v) is 12.9. The maximum Gasteiger partial charge on any atom is 0.0679 e. The second kappa shape index (κ2) is 7.99. The summed E-state index contributed by atoms with van der Waals surface area (Å²) >= 11 is 6.10. The molecule has 0 radical (unpaired) electrons. The molecule has 2 rings (SSSR count). The SMILES string of the molecule is CCCNC(CCN1CCC(O)C1)c1cccc(Cl)c1. The predicted molar refractivity (Wildman–Crippen MR) is 84.2 cm³/mol. The van der Waals surface area contributed by atoms with Gasteiger partial charge in [0, 0.05) is 30.7 Å². The van der Waals surface area contributed by atoms with E-state index in [1.807, 2.05) is 18.2 Å². The Morgan fingerprint density at radius 3 is 3.00 bits per heavy atom. The highest BCUT2D eigenvalue weighted by Crippen LogP contribution is 2.22. The fourth-order valence-corrected chi connectivity index (χ4v) is 2.95. The molecule has 0 spiro atoms. The Balaban J connectivity index is 1.93. The van der Waals surface area contributed by atoms with Gasteiger partial charge in [-0.25, -0.2) is 0 Å². The van der Waals surface area contributed by atoms with Crippen molar-refractivity contribution in [1.29, 1.82) is 0 Å². The first kappa shape index (κ1) is 15.8. The highest BCUT2D eigenvalue weighted by molar-refractivity contribution is 6.30. The Morgan fingerprint density at radius 1 is 1.50 bits per heavy atom. The molecule has 2 atom stereocenters. The molecule has 1 aliphatic heterocycles. The molecule has 1 aromatic carbocycles. The Labute approximate surface area is 126 Å². The van der Waals surface area contributed by atoms with Gasteiger partial charge in [0.25, 0.3) is 0 Å². The molecule has 0 bridgehead atoms. The van der Waals surface area contributed by atoms with Crippen molar-refractivity contribution >= 4 is 11.6 Å². The van der Waals surface area contributed by atoms with E-state index in [9.17, 15) is 5.11 Å². The van der Waals surface area contributed by atoms with Crippen LogP contribution in [0.5, 0.6) is 0 Å². The second-order valence-electron chi connectivity index (χ2n) is 5.59. The number of hydrogen-bond donors (Lipinski definition) is 2. The number of rotatable bonds is 7. The third-order valence-corrected chi connectivity index (χ3v) is 4.11. The summed E-state index contributed by atoms with van der Waals surface area (Å²) in [6.45, 7) is 6.04. The number of halogens is 1. The minimum absolute atomic E-state index is 0.136. The summed E-state index contributed by atoms with van der Waals surface area (Å²) in [5.74, 6) is 0. The first-order chi connectivity index (χ1) is 9.69. The molecule has 2 unspecified atom stereocenters. The molecule has 0 aromatic heterocycles. The van der Waals surface area contributed by atoms with Crippen molar-refractivity contribution in [2.75, 3.05) is 26.2 Å². The number of likely N-dealkylation sites (tertiary alicyclic amines) is 1. The predicted octanol–water partition coefficient (Wildman–Crippen LogP) is 2.84. The average Bonchev–Trinajstić information content (AvgIpc) is 2.85. The summed E-state index contributed by atoms with van der Waals surface area (Å²) in [6, 6.07) is 8.45. The van der Waals surface area contributed by atoms with Gasteiger partial charge in [-0.3, -0.25) is 0 Å². The van der Waals surface area contributed by atoms with Gasteiger partial charge in [0.2, 0.25) is 0 Å². The standard InChI is InChI=1S/C16H25ClN2O/c1-2-8-18-16(13-4-3-5-14(17)11-13)7-10-19-9-6-15(20)12-19/h3-5,11,15-16,18,20H,2,6-10,12H2,1H3. The molecule has 1 saturated heterocycles. The van der Waals surface area contributed by atoms with Crippen molar-refractivity contribution in [3.05, 3.63) is 34.9 Å². The quantitative estimate of drug-likeness (QED) is 0.812. The lowest BCUT2D eigenvalue weighted by molar-refractivity contribution is 0.174. The van der Waals surface area contributed by atoms with Gasteiger partial charge in [0.15, 0.2) is 0 Å². The highest BCUT2D eigenvalue weighted by Gasteiger charge is 2.21. The number of aliphatic hydroxyl groups excluding tert-OH is 1. The lowest BCUT2D eigenvalue weighted by Crippen LogP contribution is -2.29. The minimum Gasteiger partial charge on any atom is -0.392 e. The number of nitrogens with zero attached hydrogens (tertiary/aromatic N) is 1. The summed E-state index contributed by atoms with van der Waals surface area (Å²) in [4.78, 5) is 2.34. The third-order valence-electron chi connectivity index (χ3n) is 3.87. The smallest absolute Gasteiger partial charge is 0.0679 e. The van der Waals surface area contributed by atoms with Gasteiger partial charge in [-0.1, -0.05) is 30.7 Å². The van der Waals surface area contributed by atoms with Crippen LogP contribution < -0.4 is 5.32 Å². The van der Waals surface area contributed by atoms with Crippen LogP contribution in [0.25, 0.3) is 0 Å². The topological polar surface area (TPSA) is 35.5 Å². The van der Waals surface area contributed by atoms with Crippen LogP contribution in [0, 0.1) is 0 Å². The maximum atomic E-state index is 9.58. The monoisotopic (exact) mass is 296 g/mol. The molecule has 112 valence electrons. The molecule has 1 aliphatic rings. The van der Waals surface area contributed by atoms with Gasteiger partial charge in [0.1, 0.15) is 0 Å². The Hall–Kier alpha value is -0.610. The zero-order chi connectivity index (χ0) is 14.4. The van der Waals surface area contributed by atoms with Crippen molar-refractivity contribution in [2.24, 2.45) is 0 Å². The molecule has 0 saturated carbocycles. The first-order valence-electron chi connectivity index (χ1n) is 7.58. The van der Waals surface area contributed by atoms with E-state index in [-0.39, 0.29) is 6.10 Å². The van der Waals surface area contributed by atoms with Crippen molar-refractivity contribution < 1.29 is 5.11 Å². The van der Waals surface area contributed by atoms with Crippen LogP contribution in [0.1, 0.15) is 37.8 Å². The molecule has 4 heteroatoms. The number of nitrogens with one attached hydrogen (secondary N) is 1. The number of benzene rings is 1. The molecule has 0 amide bonds. The molecule has 2 N–H and O–H groups in total. The van der Waals surface area contributed by atoms with E-state index in [1.165, 1.54) is 5.56 Å². The largest absolute Gasteiger partial charge is 0.392 e. The second-order valence-corrected chi connectivity index (χ2v) is 6.03. The van der Waals surface area contributed by atoms with Crippen LogP contribution in [-0.2, 0) is 0 Å². The van der Waals surface area contributed by atoms with Gasteiger partial charge in [-0.05, 0) is 43.5 Å². The van der Waals surface area contributed by atoms with Gasteiger partial charge >= 0.3 is 0 Å². The molecule has 0 aliphatic carbocycles. The lowest BCUT2D eigenvalue weighted by Gasteiger charge is -2.23. The maximum absolute atomic E-state index is 9.58. The Morgan fingerprint density at radius 2 is 2.35 bits per heavy atom. The number of aliphatic hydroxyl groups is 1. The fraction of sp³-hybridized carbons (Fsp3) is 0.625. The van der Waals surface area contributed by atoms with Crippen LogP contribution in [0.15, 0.2) is 24.3 Å². The molecule has 20 heavy (non-hydrogen) atoms. The van der Waals surface area contributed by atoms with E-state index in [0.717, 1.165) is 50.5 Å². The third kappa shape index (κ3) is 4.74. The summed E-state index contributed by atoms with van der Waals surface area (Å²) in [5.41, 5.74) is 1.26. The van der Waals surface area contributed by atoms with Gasteiger partial charge in [-0.2, -0.15) is 0 Å². The minimum atomic E-state index is -0.136. The van der Waals surface area contributed by atoms with Crippen molar-refractivity contribution in [3.63, 3.8) is 0 Å². The molecule has 1 aromatic rings. The van der Waals surface area contributed by atoms with E-state index < -0.39 is 0 Å². The van der Waals surface area contributed by atoms with E-state index in [2.05, 4.69) is 23.2 Å². The van der Waals surface area contributed by atoms with Crippen molar-refractivity contribution in [2.45, 2.75) is 38.3 Å². The summed E-state index contributed by atoms with van der Waals surface area (Å²) in [7, 11) is 0. The number of hydrogen-bond acceptors (Lipinski definition) is 3. The molecule has 1 fully saturated rings. The molecule has 3 nitrogen and oxygen atoms in total. The van der Waals surface area contributed by atoms with Gasteiger partial charge in [-0.15, -0.1) is 0 Å². The van der Waals surface area contributed by atoms with E-state index in [1.54, 1.807) is 0 Å². The van der Waals surface area contributed by atoms with Gasteiger partial charge in [0.05, 0.1) is 6.10 Å². The summed E-state index contributed by atoms with van der Waals surface area (Å²) in [5, 5.41) is 14.0. The van der Waals surface area contributed by atoms with Crippen LogP contribution in [0.4, 0.5) is 0 Å². The van der Waals surface area contributed by atoms with Crippen LogP contribution in [0.3, 0.4) is 0 Å². The average molecular weight is 297 g/mol. The summed E-state index contributed by atoms with van der Waals surface area (Å²) in [6.07, 6.45) is 2.94. The Bertz CT molecular complexity index is 413. The van der Waals surface area contributed by atoms with E-state index in [4.69, 9.17) is 11.6 Å². The molecule has 1 heterocycles. The Kier molecular flexibility index (Phi) is 6.30. The summed E-state index contributed by atoms with van der Waals surface area (Å²) < 4.78 is 0. The van der Waals surface area contributed by atoms with Crippen molar-refractivity contribution in [3.8, 4) is 0 Å². The van der Waals surface area contributed by atoms with Crippen LogP contribution in [0.2, 0.25) is 5.02 Å². The van der Waals surface area contributed by atoms with Gasteiger partial charge < -0.3 is 15.3 Å². The van der Waals surface area contributed by atoms with Crippen LogP contribution >= 0.6 is 11.6 Å². The van der Waals surface area contributed by atoms with E-state index >= 15 is 0 Å². The first-order valence-corrected chi connectivity index (χ1v) is 7.96. The van der Waals surface area contributed by atoms with Crippen molar-refractivity contribution in [1.82, 2.24) is 10.2 Å². The van der Waals surface area contributed by atoms with Crippen LogP contribution in [-0.4, -0.2) is 42.3 Å². The normalized spacial score (nSPS) is 21.2. The lowest BCUT2D eigenvalue weighted by atomic mass is 10.0. The number of β-amino-alcohol motifs (C(OH)–C–C–N with tert-alkyl or cyclic N) is 1. The molecular weight excluding hydrogens is 272 g/mol. The zero-order valence-electron chi connectivity index (χ0n) is 12.2.